The number of carbonyl (C=O) groups is 1. The van der Waals surface area contributed by atoms with Gasteiger partial charge < -0.3 is 10.4 Å². The summed E-state index contributed by atoms with van der Waals surface area (Å²) in [5.74, 6) is 2.06. The van der Waals surface area contributed by atoms with E-state index < -0.39 is 5.60 Å². The number of rotatable bonds is 4. The fourth-order valence-corrected chi connectivity index (χ4v) is 3.98. The van der Waals surface area contributed by atoms with Crippen LogP contribution in [0.15, 0.2) is 0 Å². The highest BCUT2D eigenvalue weighted by Crippen LogP contribution is 2.27. The monoisotopic (exact) mass is 286 g/mol. The van der Waals surface area contributed by atoms with E-state index >= 15 is 0 Å². The Morgan fingerprint density at radius 2 is 2.21 bits per heavy atom. The van der Waals surface area contributed by atoms with Crippen molar-refractivity contribution in [3.8, 4) is 0 Å². The third-order valence-electron chi connectivity index (χ3n) is 4.42. The van der Waals surface area contributed by atoms with Gasteiger partial charge in [0.05, 0.1) is 0 Å². The molecule has 0 radical (unpaired) electrons. The molecule has 1 amide bonds. The van der Waals surface area contributed by atoms with Gasteiger partial charge in [-0.2, -0.15) is 11.8 Å². The lowest BCUT2D eigenvalue weighted by Gasteiger charge is -2.35. The lowest BCUT2D eigenvalue weighted by Crippen LogP contribution is -2.51. The third kappa shape index (κ3) is 3.86. The van der Waals surface area contributed by atoms with Crippen LogP contribution in [0.25, 0.3) is 0 Å². The normalized spacial score (nSPS) is 31.3. The van der Waals surface area contributed by atoms with E-state index in [0.717, 1.165) is 24.8 Å². The van der Waals surface area contributed by atoms with E-state index in [4.69, 9.17) is 0 Å². The maximum atomic E-state index is 12.0. The van der Waals surface area contributed by atoms with Crippen LogP contribution in [0.5, 0.6) is 0 Å². The van der Waals surface area contributed by atoms with Crippen molar-refractivity contribution in [1.82, 2.24) is 10.2 Å². The van der Waals surface area contributed by atoms with Crippen molar-refractivity contribution in [2.75, 3.05) is 31.1 Å². The van der Waals surface area contributed by atoms with E-state index in [-0.39, 0.29) is 5.91 Å². The fourth-order valence-electron chi connectivity index (χ4n) is 2.74. The Balaban J connectivity index is 1.74. The first kappa shape index (κ1) is 15.1. The molecule has 0 bridgehead atoms. The van der Waals surface area contributed by atoms with Crippen LogP contribution < -0.4 is 5.32 Å². The number of piperidine rings is 1. The second kappa shape index (κ2) is 6.46. The number of hydrogen-bond donors (Lipinski definition) is 2. The van der Waals surface area contributed by atoms with E-state index in [2.05, 4.69) is 24.1 Å². The number of carbonyl (C=O) groups excluding carboxylic acids is 1. The number of aliphatic hydroxyl groups is 1. The average molecular weight is 286 g/mol. The van der Waals surface area contributed by atoms with Crippen LogP contribution in [0.4, 0.5) is 0 Å². The first-order chi connectivity index (χ1) is 9.01. The molecule has 2 unspecified atom stereocenters. The molecule has 2 rings (SSSR count). The minimum absolute atomic E-state index is 0.185. The highest BCUT2D eigenvalue weighted by molar-refractivity contribution is 7.99. The standard InChI is InChI=1S/C14H26N2O2S/c1-11-3-6-16(7-4-11)12(2)9-15-13(17)14(18)5-8-19-10-14/h11-12,18H,3-10H2,1-2H3,(H,15,17). The van der Waals surface area contributed by atoms with Crippen LogP contribution in [0.2, 0.25) is 0 Å². The van der Waals surface area contributed by atoms with E-state index in [9.17, 15) is 9.90 Å². The zero-order valence-corrected chi connectivity index (χ0v) is 12.8. The van der Waals surface area contributed by atoms with E-state index in [1.807, 2.05) is 0 Å². The second-order valence-corrected chi connectivity index (χ2v) is 7.22. The summed E-state index contributed by atoms with van der Waals surface area (Å²) >= 11 is 1.65. The van der Waals surface area contributed by atoms with Crippen molar-refractivity contribution in [2.45, 2.75) is 44.8 Å². The SMILES string of the molecule is CC1CCN(C(C)CNC(=O)C2(O)CCSC2)CC1. The summed E-state index contributed by atoms with van der Waals surface area (Å²) in [5, 5.41) is 13.1. The Kier molecular flexibility index (Phi) is 5.15. The number of amides is 1. The number of thioether (sulfide) groups is 1. The van der Waals surface area contributed by atoms with Gasteiger partial charge in [0.1, 0.15) is 0 Å². The molecule has 0 aliphatic carbocycles. The molecule has 5 heteroatoms. The van der Waals surface area contributed by atoms with Crippen LogP contribution in [0.1, 0.15) is 33.1 Å². The van der Waals surface area contributed by atoms with Crippen LogP contribution in [-0.2, 0) is 4.79 Å². The van der Waals surface area contributed by atoms with Crippen molar-refractivity contribution in [1.29, 1.82) is 0 Å². The molecule has 0 aromatic heterocycles. The van der Waals surface area contributed by atoms with Crippen LogP contribution in [0, 0.1) is 5.92 Å². The summed E-state index contributed by atoms with van der Waals surface area (Å²) in [6.45, 7) is 7.34. The van der Waals surface area contributed by atoms with Gasteiger partial charge in [-0.05, 0) is 50.9 Å². The van der Waals surface area contributed by atoms with Gasteiger partial charge in [0.15, 0.2) is 5.60 Å². The van der Waals surface area contributed by atoms with E-state index in [1.54, 1.807) is 11.8 Å². The van der Waals surface area contributed by atoms with Crippen LogP contribution in [-0.4, -0.2) is 58.7 Å². The molecule has 2 saturated heterocycles. The molecular formula is C14H26N2O2S. The zero-order chi connectivity index (χ0) is 13.9. The number of likely N-dealkylation sites (tertiary alicyclic amines) is 1. The summed E-state index contributed by atoms with van der Waals surface area (Å²) in [7, 11) is 0. The molecule has 110 valence electrons. The predicted octanol–water partition coefficient (Wildman–Crippen LogP) is 1.09. The van der Waals surface area contributed by atoms with Crippen molar-refractivity contribution in [3.05, 3.63) is 0 Å². The van der Waals surface area contributed by atoms with Crippen molar-refractivity contribution < 1.29 is 9.90 Å². The van der Waals surface area contributed by atoms with Crippen molar-refractivity contribution in [3.63, 3.8) is 0 Å². The molecule has 2 heterocycles. The first-order valence-electron chi connectivity index (χ1n) is 7.34. The molecule has 0 aromatic rings. The molecule has 0 aromatic carbocycles. The maximum absolute atomic E-state index is 12.0. The van der Waals surface area contributed by atoms with Crippen molar-refractivity contribution >= 4 is 17.7 Å². The van der Waals surface area contributed by atoms with Gasteiger partial charge >= 0.3 is 0 Å². The van der Waals surface area contributed by atoms with Crippen LogP contribution >= 0.6 is 11.8 Å². The smallest absolute Gasteiger partial charge is 0.252 e. The first-order valence-corrected chi connectivity index (χ1v) is 8.49. The highest BCUT2D eigenvalue weighted by Gasteiger charge is 2.39. The summed E-state index contributed by atoms with van der Waals surface area (Å²) in [6.07, 6.45) is 3.08. The van der Waals surface area contributed by atoms with Gasteiger partial charge in [0.2, 0.25) is 0 Å². The summed E-state index contributed by atoms with van der Waals surface area (Å²) < 4.78 is 0. The predicted molar refractivity (Wildman–Crippen MR) is 79.3 cm³/mol. The lowest BCUT2D eigenvalue weighted by molar-refractivity contribution is -0.137. The summed E-state index contributed by atoms with van der Waals surface area (Å²) in [5.41, 5.74) is -1.12. The largest absolute Gasteiger partial charge is 0.379 e. The number of nitrogens with one attached hydrogen (secondary N) is 1. The van der Waals surface area contributed by atoms with Gasteiger partial charge in [0.25, 0.3) is 5.91 Å². The third-order valence-corrected chi connectivity index (χ3v) is 5.60. The Morgan fingerprint density at radius 1 is 1.53 bits per heavy atom. The van der Waals surface area contributed by atoms with Gasteiger partial charge in [-0.1, -0.05) is 6.92 Å². The maximum Gasteiger partial charge on any atom is 0.252 e. The molecule has 2 fully saturated rings. The Morgan fingerprint density at radius 3 is 2.79 bits per heavy atom. The summed E-state index contributed by atoms with van der Waals surface area (Å²) in [6, 6.07) is 0.356. The fraction of sp³-hybridized carbons (Fsp3) is 0.929. The molecule has 2 aliphatic heterocycles. The molecular weight excluding hydrogens is 260 g/mol. The van der Waals surface area contributed by atoms with Crippen LogP contribution in [0.3, 0.4) is 0 Å². The Labute approximate surface area is 120 Å². The number of nitrogens with zero attached hydrogens (tertiary/aromatic N) is 1. The molecule has 19 heavy (non-hydrogen) atoms. The highest BCUT2D eigenvalue weighted by atomic mass is 32.2. The molecule has 0 saturated carbocycles. The van der Waals surface area contributed by atoms with Gasteiger partial charge in [-0.25, -0.2) is 0 Å². The Bertz CT molecular complexity index is 311. The molecule has 4 nitrogen and oxygen atoms in total. The molecule has 2 atom stereocenters. The second-order valence-electron chi connectivity index (χ2n) is 6.11. The minimum atomic E-state index is -1.12. The quantitative estimate of drug-likeness (QED) is 0.812. The van der Waals surface area contributed by atoms with Gasteiger partial charge in [-0.3, -0.25) is 9.69 Å². The van der Waals surface area contributed by atoms with E-state index in [0.29, 0.717) is 24.8 Å². The molecule has 2 aliphatic rings. The average Bonchev–Trinajstić information content (AvgIpc) is 2.84. The number of hydrogen-bond acceptors (Lipinski definition) is 4. The van der Waals surface area contributed by atoms with Gasteiger partial charge in [0, 0.05) is 18.3 Å². The minimum Gasteiger partial charge on any atom is -0.379 e. The van der Waals surface area contributed by atoms with E-state index in [1.165, 1.54) is 12.8 Å². The molecule has 0 spiro atoms. The topological polar surface area (TPSA) is 52.6 Å². The van der Waals surface area contributed by atoms with Crippen molar-refractivity contribution in [2.24, 2.45) is 5.92 Å². The molecule has 2 N–H and O–H groups in total. The Hall–Kier alpha value is -0.260. The summed E-state index contributed by atoms with van der Waals surface area (Å²) in [4.78, 5) is 14.5. The zero-order valence-electron chi connectivity index (χ0n) is 12.0. The lowest BCUT2D eigenvalue weighted by atomic mass is 9.98. The van der Waals surface area contributed by atoms with Gasteiger partial charge in [-0.15, -0.1) is 0 Å².